The lowest BCUT2D eigenvalue weighted by Gasteiger charge is -2.32. The number of nitrogens with zero attached hydrogens (tertiary/aromatic N) is 1. The molecule has 0 radical (unpaired) electrons. The highest BCUT2D eigenvalue weighted by atomic mass is 19.1. The van der Waals surface area contributed by atoms with Gasteiger partial charge < -0.3 is 0 Å². The van der Waals surface area contributed by atoms with E-state index in [1.54, 1.807) is 0 Å². The summed E-state index contributed by atoms with van der Waals surface area (Å²) in [5.41, 5.74) is 1.21. The summed E-state index contributed by atoms with van der Waals surface area (Å²) in [6.45, 7) is 19.0. The molecule has 0 saturated carbocycles. The van der Waals surface area contributed by atoms with Gasteiger partial charge in [-0.1, -0.05) is 41.5 Å². The lowest BCUT2D eigenvalue weighted by molar-refractivity contribution is 0.135. The minimum Gasteiger partial charge on any atom is -0.290 e. The Kier molecular flexibility index (Phi) is 4.21. The standard InChI is InChI=1S/C20H31F2N/c1-18(2,3)14-15(19(4,5)6)17(22)13-11-23(20(7,8)9)10-12(13)16(14)21/h10-11H2,1-9H3. The predicted octanol–water partition coefficient (Wildman–Crippen LogP) is 5.67. The molecule has 0 fully saturated rings. The van der Waals surface area contributed by atoms with Gasteiger partial charge in [-0.3, -0.25) is 4.90 Å². The molecule has 1 heterocycles. The third-order valence-corrected chi connectivity index (χ3v) is 4.73. The van der Waals surface area contributed by atoms with Gasteiger partial charge in [0, 0.05) is 40.9 Å². The van der Waals surface area contributed by atoms with Crippen LogP contribution in [0.15, 0.2) is 0 Å². The maximum Gasteiger partial charge on any atom is 0.132 e. The minimum atomic E-state index is -0.433. The SMILES string of the molecule is CC(C)(C)c1c(F)c2c(c(F)c1C(C)(C)C)CN(C(C)(C)C)C2. The lowest BCUT2D eigenvalue weighted by Crippen LogP contribution is -2.37. The quantitative estimate of drug-likeness (QED) is 0.594. The van der Waals surface area contributed by atoms with Crippen LogP contribution in [0.5, 0.6) is 0 Å². The molecule has 0 aliphatic carbocycles. The minimum absolute atomic E-state index is 0.109. The van der Waals surface area contributed by atoms with Crippen LogP contribution in [-0.2, 0) is 23.9 Å². The second kappa shape index (κ2) is 5.27. The van der Waals surface area contributed by atoms with Gasteiger partial charge in [-0.15, -0.1) is 0 Å². The van der Waals surface area contributed by atoms with Gasteiger partial charge in [0.1, 0.15) is 11.6 Å². The van der Waals surface area contributed by atoms with Crippen molar-refractivity contribution in [1.29, 1.82) is 0 Å². The van der Waals surface area contributed by atoms with Crippen molar-refractivity contribution in [3.05, 3.63) is 33.9 Å². The molecule has 1 nitrogen and oxygen atoms in total. The Labute approximate surface area is 140 Å². The molecule has 2 rings (SSSR count). The topological polar surface area (TPSA) is 3.24 Å². The highest BCUT2D eigenvalue weighted by Gasteiger charge is 2.39. The Hall–Kier alpha value is -0.960. The van der Waals surface area contributed by atoms with Gasteiger partial charge in [0.15, 0.2) is 0 Å². The Bertz CT molecular complexity index is 576. The summed E-state index contributed by atoms with van der Waals surface area (Å²) in [5, 5.41) is 0. The normalized spacial score (nSPS) is 16.8. The van der Waals surface area contributed by atoms with Crippen LogP contribution < -0.4 is 0 Å². The molecular weight excluding hydrogens is 292 g/mol. The highest BCUT2D eigenvalue weighted by molar-refractivity contribution is 5.49. The van der Waals surface area contributed by atoms with Gasteiger partial charge in [0.2, 0.25) is 0 Å². The zero-order valence-corrected chi connectivity index (χ0v) is 16.1. The molecule has 1 aromatic rings. The molecular formula is C20H31F2N. The number of hydrogen-bond acceptors (Lipinski definition) is 1. The molecule has 1 aliphatic rings. The molecule has 0 aromatic heterocycles. The number of rotatable bonds is 0. The van der Waals surface area contributed by atoms with E-state index >= 15 is 8.78 Å². The fraction of sp³-hybridized carbons (Fsp3) is 0.700. The first-order valence-electron chi connectivity index (χ1n) is 8.44. The Balaban J connectivity index is 2.78. The molecule has 0 amide bonds. The van der Waals surface area contributed by atoms with Crippen molar-refractivity contribution in [2.24, 2.45) is 0 Å². The van der Waals surface area contributed by atoms with Crippen molar-refractivity contribution in [3.8, 4) is 0 Å². The van der Waals surface area contributed by atoms with Gasteiger partial charge in [0.05, 0.1) is 0 Å². The number of halogens is 2. The maximum atomic E-state index is 15.4. The van der Waals surface area contributed by atoms with E-state index in [9.17, 15) is 0 Å². The van der Waals surface area contributed by atoms with Crippen molar-refractivity contribution in [2.45, 2.75) is 91.8 Å². The van der Waals surface area contributed by atoms with Crippen molar-refractivity contribution in [2.75, 3.05) is 0 Å². The maximum absolute atomic E-state index is 15.4. The predicted molar refractivity (Wildman–Crippen MR) is 92.8 cm³/mol. The fourth-order valence-corrected chi connectivity index (χ4v) is 3.44. The molecule has 0 atom stereocenters. The van der Waals surface area contributed by atoms with E-state index < -0.39 is 10.8 Å². The Morgan fingerprint density at radius 1 is 0.652 bits per heavy atom. The first-order chi connectivity index (χ1) is 10.2. The van der Waals surface area contributed by atoms with Crippen molar-refractivity contribution < 1.29 is 8.78 Å². The van der Waals surface area contributed by atoms with Gasteiger partial charge in [-0.25, -0.2) is 8.78 Å². The van der Waals surface area contributed by atoms with E-state index in [2.05, 4.69) is 25.7 Å². The highest BCUT2D eigenvalue weighted by Crippen LogP contribution is 2.43. The second-order valence-electron chi connectivity index (χ2n) is 9.86. The summed E-state index contributed by atoms with van der Waals surface area (Å²) >= 11 is 0. The first-order valence-corrected chi connectivity index (χ1v) is 8.44. The molecule has 0 N–H and O–H groups in total. The van der Waals surface area contributed by atoms with Gasteiger partial charge in [-0.05, 0) is 31.6 Å². The van der Waals surface area contributed by atoms with Crippen LogP contribution in [0.4, 0.5) is 8.78 Å². The second-order valence-corrected chi connectivity index (χ2v) is 9.86. The Morgan fingerprint density at radius 3 is 1.17 bits per heavy atom. The van der Waals surface area contributed by atoms with Crippen molar-refractivity contribution >= 4 is 0 Å². The van der Waals surface area contributed by atoms with Crippen LogP contribution in [0.3, 0.4) is 0 Å². The summed E-state index contributed by atoms with van der Waals surface area (Å²) in [6.07, 6.45) is 0. The molecule has 0 bridgehead atoms. The fourth-order valence-electron chi connectivity index (χ4n) is 3.44. The van der Waals surface area contributed by atoms with Crippen LogP contribution in [0.25, 0.3) is 0 Å². The number of benzene rings is 1. The monoisotopic (exact) mass is 323 g/mol. The van der Waals surface area contributed by atoms with Crippen molar-refractivity contribution in [1.82, 2.24) is 4.90 Å². The molecule has 0 spiro atoms. The van der Waals surface area contributed by atoms with Crippen LogP contribution in [0.2, 0.25) is 0 Å². The van der Waals surface area contributed by atoms with Gasteiger partial charge in [0.25, 0.3) is 0 Å². The van der Waals surface area contributed by atoms with Crippen LogP contribution >= 0.6 is 0 Å². The first kappa shape index (κ1) is 18.4. The zero-order valence-electron chi connectivity index (χ0n) is 16.1. The summed E-state index contributed by atoms with van der Waals surface area (Å²) < 4.78 is 30.8. The van der Waals surface area contributed by atoms with Crippen LogP contribution in [0.1, 0.15) is 84.6 Å². The largest absolute Gasteiger partial charge is 0.290 e. The molecule has 23 heavy (non-hydrogen) atoms. The van der Waals surface area contributed by atoms with E-state index in [0.29, 0.717) is 35.3 Å². The summed E-state index contributed by atoms with van der Waals surface area (Å²) in [7, 11) is 0. The van der Waals surface area contributed by atoms with Crippen LogP contribution in [0, 0.1) is 11.6 Å². The van der Waals surface area contributed by atoms with Gasteiger partial charge in [-0.2, -0.15) is 0 Å². The average molecular weight is 323 g/mol. The molecule has 1 aromatic carbocycles. The van der Waals surface area contributed by atoms with E-state index in [0.717, 1.165) is 0 Å². The molecule has 3 heteroatoms. The molecule has 0 saturated heterocycles. The summed E-state index contributed by atoms with van der Waals surface area (Å²) in [5.74, 6) is -0.406. The van der Waals surface area contributed by atoms with Crippen molar-refractivity contribution in [3.63, 3.8) is 0 Å². The summed E-state index contributed by atoms with van der Waals surface area (Å²) in [6, 6.07) is 0. The zero-order chi connectivity index (χ0) is 18.0. The van der Waals surface area contributed by atoms with E-state index in [1.807, 2.05) is 41.5 Å². The number of fused-ring (bicyclic) bond motifs is 1. The lowest BCUT2D eigenvalue weighted by atomic mass is 9.73. The Morgan fingerprint density at radius 2 is 0.957 bits per heavy atom. The molecule has 130 valence electrons. The smallest absolute Gasteiger partial charge is 0.132 e. The van der Waals surface area contributed by atoms with E-state index in [4.69, 9.17) is 0 Å². The van der Waals surface area contributed by atoms with E-state index in [1.165, 1.54) is 0 Å². The number of hydrogen-bond donors (Lipinski definition) is 0. The molecule has 0 unspecified atom stereocenters. The van der Waals surface area contributed by atoms with Crippen LogP contribution in [-0.4, -0.2) is 10.4 Å². The van der Waals surface area contributed by atoms with Gasteiger partial charge >= 0.3 is 0 Å². The third-order valence-electron chi connectivity index (χ3n) is 4.73. The average Bonchev–Trinajstić information content (AvgIpc) is 2.75. The van der Waals surface area contributed by atoms with E-state index in [-0.39, 0.29) is 17.2 Å². The summed E-state index contributed by atoms with van der Waals surface area (Å²) in [4.78, 5) is 2.14. The third kappa shape index (κ3) is 3.17. The molecule has 1 aliphatic heterocycles.